The van der Waals surface area contributed by atoms with E-state index in [1.54, 1.807) is 0 Å². The number of aromatic nitrogens is 2. The summed E-state index contributed by atoms with van der Waals surface area (Å²) >= 11 is 1.92. The number of nitrogens with zero attached hydrogens (tertiary/aromatic N) is 1. The highest BCUT2D eigenvalue weighted by molar-refractivity contribution is 7.99. The highest BCUT2D eigenvalue weighted by Crippen LogP contribution is 2.27. The molecule has 2 rings (SSSR count). The number of nitrogen functional groups attached to an aromatic ring is 1. The van der Waals surface area contributed by atoms with Gasteiger partial charge in [0.25, 0.3) is 5.91 Å². The number of hydrogen-bond donors (Lipinski definition) is 3. The summed E-state index contributed by atoms with van der Waals surface area (Å²) in [5.74, 6) is -0.152. The van der Waals surface area contributed by atoms with Crippen molar-refractivity contribution in [2.24, 2.45) is 0 Å². The summed E-state index contributed by atoms with van der Waals surface area (Å²) < 4.78 is 0. The number of rotatable bonds is 4. The van der Waals surface area contributed by atoms with Crippen LogP contribution in [0.5, 0.6) is 0 Å². The standard InChI is InChI=1S/C13H22N4OS/c1-3-10-11(14)12(17-16-10)13(18)15-8-4-6-9(19-2)7-5-8/h8-9H,3-7,14H2,1-2H3,(H,15,18)(H,16,17). The smallest absolute Gasteiger partial charge is 0.274 e. The maximum Gasteiger partial charge on any atom is 0.274 e. The van der Waals surface area contributed by atoms with Crippen molar-refractivity contribution >= 4 is 23.4 Å². The molecule has 0 radical (unpaired) electrons. The van der Waals surface area contributed by atoms with Gasteiger partial charge in [0.05, 0.1) is 11.4 Å². The van der Waals surface area contributed by atoms with Crippen molar-refractivity contribution in [3.8, 4) is 0 Å². The van der Waals surface area contributed by atoms with Crippen LogP contribution >= 0.6 is 11.8 Å². The number of anilines is 1. The molecule has 1 amide bonds. The van der Waals surface area contributed by atoms with Gasteiger partial charge in [0, 0.05) is 11.3 Å². The van der Waals surface area contributed by atoms with E-state index >= 15 is 0 Å². The van der Waals surface area contributed by atoms with E-state index < -0.39 is 0 Å². The molecule has 1 heterocycles. The Morgan fingerprint density at radius 2 is 2.16 bits per heavy atom. The lowest BCUT2D eigenvalue weighted by molar-refractivity contribution is 0.0924. The molecule has 0 spiro atoms. The molecule has 0 aliphatic heterocycles. The third kappa shape index (κ3) is 3.23. The zero-order valence-corrected chi connectivity index (χ0v) is 12.3. The lowest BCUT2D eigenvalue weighted by atomic mass is 9.95. The number of nitrogens with two attached hydrogens (primary N) is 1. The first-order valence-electron chi connectivity index (χ1n) is 6.82. The monoisotopic (exact) mass is 282 g/mol. The maximum atomic E-state index is 12.1. The Morgan fingerprint density at radius 3 is 2.68 bits per heavy atom. The number of aryl methyl sites for hydroxylation is 1. The number of amides is 1. The van der Waals surface area contributed by atoms with E-state index in [2.05, 4.69) is 21.8 Å². The summed E-state index contributed by atoms with van der Waals surface area (Å²) in [5, 5.41) is 10.6. The fourth-order valence-corrected chi connectivity index (χ4v) is 3.27. The van der Waals surface area contributed by atoms with Crippen molar-refractivity contribution in [3.63, 3.8) is 0 Å². The minimum Gasteiger partial charge on any atom is -0.395 e. The van der Waals surface area contributed by atoms with E-state index in [-0.39, 0.29) is 11.9 Å². The Hall–Kier alpha value is -1.17. The highest BCUT2D eigenvalue weighted by atomic mass is 32.2. The van der Waals surface area contributed by atoms with Gasteiger partial charge in [0.2, 0.25) is 0 Å². The molecule has 0 unspecified atom stereocenters. The number of thioether (sulfide) groups is 1. The maximum absolute atomic E-state index is 12.1. The predicted octanol–water partition coefficient (Wildman–Crippen LogP) is 1.96. The average molecular weight is 282 g/mol. The van der Waals surface area contributed by atoms with Gasteiger partial charge in [0.1, 0.15) is 0 Å². The van der Waals surface area contributed by atoms with E-state index in [0.717, 1.165) is 30.2 Å². The van der Waals surface area contributed by atoms with Crippen LogP contribution in [0.2, 0.25) is 0 Å². The number of aromatic amines is 1. The number of nitrogens with one attached hydrogen (secondary N) is 2. The van der Waals surface area contributed by atoms with Gasteiger partial charge in [-0.3, -0.25) is 9.89 Å². The van der Waals surface area contributed by atoms with Gasteiger partial charge in [-0.15, -0.1) is 0 Å². The van der Waals surface area contributed by atoms with Crippen LogP contribution < -0.4 is 11.1 Å². The zero-order valence-electron chi connectivity index (χ0n) is 11.5. The topological polar surface area (TPSA) is 83.8 Å². The Morgan fingerprint density at radius 1 is 1.47 bits per heavy atom. The summed E-state index contributed by atoms with van der Waals surface area (Å²) in [6, 6.07) is 0.261. The van der Waals surface area contributed by atoms with Crippen molar-refractivity contribution in [1.82, 2.24) is 15.5 Å². The summed E-state index contributed by atoms with van der Waals surface area (Å²) in [6.45, 7) is 1.98. The molecule has 1 aromatic rings. The van der Waals surface area contributed by atoms with Gasteiger partial charge < -0.3 is 11.1 Å². The second-order valence-electron chi connectivity index (χ2n) is 5.00. The molecule has 19 heavy (non-hydrogen) atoms. The van der Waals surface area contributed by atoms with Crippen LogP contribution in [0.25, 0.3) is 0 Å². The number of hydrogen-bond acceptors (Lipinski definition) is 4. The van der Waals surface area contributed by atoms with Crippen LogP contribution in [0.4, 0.5) is 5.69 Å². The first kappa shape index (κ1) is 14.2. The largest absolute Gasteiger partial charge is 0.395 e. The molecule has 1 fully saturated rings. The molecule has 0 bridgehead atoms. The summed E-state index contributed by atoms with van der Waals surface area (Å²) in [7, 11) is 0. The van der Waals surface area contributed by atoms with Gasteiger partial charge >= 0.3 is 0 Å². The Kier molecular flexibility index (Phi) is 4.74. The molecule has 1 aromatic heterocycles. The Bertz CT molecular complexity index is 438. The molecule has 106 valence electrons. The third-order valence-corrected chi connectivity index (χ3v) is 4.93. The van der Waals surface area contributed by atoms with Crippen molar-refractivity contribution < 1.29 is 4.79 Å². The molecule has 0 atom stereocenters. The van der Waals surface area contributed by atoms with Gasteiger partial charge in [0.15, 0.2) is 5.69 Å². The molecule has 0 aromatic carbocycles. The van der Waals surface area contributed by atoms with Gasteiger partial charge in [-0.05, 0) is 38.4 Å². The summed E-state index contributed by atoms with van der Waals surface area (Å²) in [6.07, 6.45) is 7.33. The molecular formula is C13H22N4OS. The number of H-pyrrole nitrogens is 1. The average Bonchev–Trinajstić information content (AvgIpc) is 2.80. The molecule has 1 saturated carbocycles. The highest BCUT2D eigenvalue weighted by Gasteiger charge is 2.24. The molecule has 1 aliphatic rings. The van der Waals surface area contributed by atoms with Crippen molar-refractivity contribution in [3.05, 3.63) is 11.4 Å². The normalized spacial score (nSPS) is 23.3. The van der Waals surface area contributed by atoms with E-state index in [9.17, 15) is 4.79 Å². The first-order valence-corrected chi connectivity index (χ1v) is 8.10. The van der Waals surface area contributed by atoms with Crippen LogP contribution in [0.15, 0.2) is 0 Å². The summed E-state index contributed by atoms with van der Waals surface area (Å²) in [4.78, 5) is 12.1. The van der Waals surface area contributed by atoms with Crippen LogP contribution in [0.1, 0.15) is 48.8 Å². The quantitative estimate of drug-likeness (QED) is 0.788. The van der Waals surface area contributed by atoms with Crippen molar-refractivity contribution in [2.45, 2.75) is 50.3 Å². The van der Waals surface area contributed by atoms with E-state index in [4.69, 9.17) is 5.73 Å². The Labute approximate surface area is 118 Å². The summed E-state index contributed by atoms with van der Waals surface area (Å²) in [5.41, 5.74) is 7.56. The molecule has 5 nitrogen and oxygen atoms in total. The van der Waals surface area contributed by atoms with Crippen molar-refractivity contribution in [1.29, 1.82) is 0 Å². The van der Waals surface area contributed by atoms with E-state index in [1.165, 1.54) is 12.8 Å². The van der Waals surface area contributed by atoms with Gasteiger partial charge in [-0.1, -0.05) is 6.92 Å². The fraction of sp³-hybridized carbons (Fsp3) is 0.692. The third-order valence-electron chi connectivity index (χ3n) is 3.79. The van der Waals surface area contributed by atoms with Crippen LogP contribution in [0.3, 0.4) is 0 Å². The fourth-order valence-electron chi connectivity index (χ4n) is 2.53. The molecular weight excluding hydrogens is 260 g/mol. The van der Waals surface area contributed by atoms with Crippen LogP contribution in [0, 0.1) is 0 Å². The van der Waals surface area contributed by atoms with Crippen molar-refractivity contribution in [2.75, 3.05) is 12.0 Å². The van der Waals surface area contributed by atoms with Crippen LogP contribution in [-0.2, 0) is 6.42 Å². The van der Waals surface area contributed by atoms with Crippen LogP contribution in [-0.4, -0.2) is 33.7 Å². The number of carbonyl (C=O) groups is 1. The molecule has 0 saturated heterocycles. The van der Waals surface area contributed by atoms with E-state index in [1.807, 2.05) is 18.7 Å². The lowest BCUT2D eigenvalue weighted by Gasteiger charge is -2.27. The first-order chi connectivity index (χ1) is 9.15. The number of carbonyl (C=O) groups excluding carboxylic acids is 1. The molecule has 6 heteroatoms. The Balaban J connectivity index is 1.92. The minimum absolute atomic E-state index is 0.152. The lowest BCUT2D eigenvalue weighted by Crippen LogP contribution is -2.38. The second kappa shape index (κ2) is 6.32. The SMILES string of the molecule is CCc1[nH]nc(C(=O)NC2CCC(SC)CC2)c1N. The molecule has 4 N–H and O–H groups in total. The minimum atomic E-state index is -0.152. The second-order valence-corrected chi connectivity index (χ2v) is 6.14. The van der Waals surface area contributed by atoms with Gasteiger partial charge in [-0.25, -0.2) is 0 Å². The van der Waals surface area contributed by atoms with Gasteiger partial charge in [-0.2, -0.15) is 16.9 Å². The predicted molar refractivity (Wildman–Crippen MR) is 79.4 cm³/mol. The van der Waals surface area contributed by atoms with E-state index in [0.29, 0.717) is 11.4 Å². The molecule has 1 aliphatic carbocycles. The zero-order chi connectivity index (χ0) is 13.8.